The molecule has 5 nitrogen and oxygen atoms in total. The van der Waals surface area contributed by atoms with E-state index in [4.69, 9.17) is 4.99 Å². The maximum absolute atomic E-state index is 13.3. The van der Waals surface area contributed by atoms with E-state index < -0.39 is 0 Å². The molecule has 1 aromatic heterocycles. The Hall–Kier alpha value is -2.95. The summed E-state index contributed by atoms with van der Waals surface area (Å²) in [5.41, 5.74) is 2.91. The van der Waals surface area contributed by atoms with Gasteiger partial charge in [-0.2, -0.15) is 0 Å². The first-order valence-corrected chi connectivity index (χ1v) is 11.9. The highest BCUT2D eigenvalue weighted by molar-refractivity contribution is 5.92. The molecule has 0 N–H and O–H groups in total. The monoisotopic (exact) mass is 431 g/mol. The van der Waals surface area contributed by atoms with Crippen molar-refractivity contribution in [3.63, 3.8) is 0 Å². The SMILES string of the molecule is Cc1ccn(C(=O)C2CCN(C(=O)/C=C/c3ccccc3)CC2)c(=NC2CCCCC2)c1. The molecule has 0 radical (unpaired) electrons. The number of benzene rings is 1. The van der Waals surface area contributed by atoms with Crippen LogP contribution in [0.5, 0.6) is 0 Å². The summed E-state index contributed by atoms with van der Waals surface area (Å²) in [4.78, 5) is 32.7. The highest BCUT2D eigenvalue weighted by Crippen LogP contribution is 2.21. The topological polar surface area (TPSA) is 54.7 Å². The van der Waals surface area contributed by atoms with Crippen LogP contribution in [0.15, 0.2) is 59.7 Å². The Morgan fingerprint density at radius 2 is 1.69 bits per heavy atom. The zero-order valence-electron chi connectivity index (χ0n) is 19.0. The number of piperidine rings is 1. The van der Waals surface area contributed by atoms with Gasteiger partial charge in [-0.1, -0.05) is 49.6 Å². The van der Waals surface area contributed by atoms with Gasteiger partial charge in [-0.05, 0) is 61.9 Å². The Kier molecular flexibility index (Phi) is 7.35. The third-order valence-electron chi connectivity index (χ3n) is 6.59. The summed E-state index contributed by atoms with van der Waals surface area (Å²) < 4.78 is 1.75. The summed E-state index contributed by atoms with van der Waals surface area (Å²) in [6, 6.07) is 14.1. The van der Waals surface area contributed by atoms with Gasteiger partial charge in [0.1, 0.15) is 5.49 Å². The van der Waals surface area contributed by atoms with Crippen LogP contribution in [0.4, 0.5) is 0 Å². The van der Waals surface area contributed by atoms with Crippen LogP contribution in [0.1, 0.15) is 60.9 Å². The fraction of sp³-hybridized carbons (Fsp3) is 0.444. The Bertz CT molecular complexity index is 1020. The fourth-order valence-electron chi connectivity index (χ4n) is 4.65. The minimum atomic E-state index is -0.0786. The smallest absolute Gasteiger partial charge is 0.246 e. The number of aromatic nitrogens is 1. The molecule has 2 fully saturated rings. The molecule has 4 rings (SSSR count). The first-order chi connectivity index (χ1) is 15.6. The van der Waals surface area contributed by atoms with Gasteiger partial charge in [-0.15, -0.1) is 0 Å². The summed E-state index contributed by atoms with van der Waals surface area (Å²) in [5.74, 6) is 0.0346. The van der Waals surface area contributed by atoms with Gasteiger partial charge in [0.15, 0.2) is 0 Å². The first-order valence-electron chi connectivity index (χ1n) is 11.9. The maximum atomic E-state index is 13.3. The van der Waals surface area contributed by atoms with Crippen molar-refractivity contribution in [1.82, 2.24) is 9.47 Å². The molecule has 32 heavy (non-hydrogen) atoms. The largest absolute Gasteiger partial charge is 0.339 e. The average molecular weight is 432 g/mol. The molecule has 1 aliphatic heterocycles. The third kappa shape index (κ3) is 5.64. The molecule has 168 valence electrons. The zero-order chi connectivity index (χ0) is 22.3. The van der Waals surface area contributed by atoms with Gasteiger partial charge in [-0.3, -0.25) is 19.1 Å². The predicted molar refractivity (Wildman–Crippen MR) is 127 cm³/mol. The third-order valence-corrected chi connectivity index (χ3v) is 6.59. The molecule has 2 aliphatic rings. The molecule has 1 saturated carbocycles. The predicted octanol–water partition coefficient (Wildman–Crippen LogP) is 4.62. The highest BCUT2D eigenvalue weighted by atomic mass is 16.2. The number of aryl methyl sites for hydroxylation is 1. The van der Waals surface area contributed by atoms with Gasteiger partial charge < -0.3 is 4.90 Å². The van der Waals surface area contributed by atoms with E-state index in [1.807, 2.05) is 66.6 Å². The van der Waals surface area contributed by atoms with Crippen LogP contribution < -0.4 is 5.49 Å². The zero-order valence-corrected chi connectivity index (χ0v) is 19.0. The van der Waals surface area contributed by atoms with Crippen LogP contribution in [-0.2, 0) is 4.79 Å². The lowest BCUT2D eigenvalue weighted by Gasteiger charge is -2.31. The van der Waals surface area contributed by atoms with Crippen molar-refractivity contribution in [1.29, 1.82) is 0 Å². The summed E-state index contributed by atoms with van der Waals surface area (Å²) in [5, 5.41) is 0. The number of hydrogen-bond donors (Lipinski definition) is 0. The van der Waals surface area contributed by atoms with Crippen molar-refractivity contribution in [3.05, 3.63) is 71.4 Å². The van der Waals surface area contributed by atoms with Crippen LogP contribution in [0.3, 0.4) is 0 Å². The van der Waals surface area contributed by atoms with Gasteiger partial charge in [0.2, 0.25) is 11.8 Å². The van der Waals surface area contributed by atoms with Gasteiger partial charge >= 0.3 is 0 Å². The molecule has 0 unspecified atom stereocenters. The number of nitrogens with zero attached hydrogens (tertiary/aromatic N) is 3. The maximum Gasteiger partial charge on any atom is 0.246 e. The quantitative estimate of drug-likeness (QED) is 0.663. The van der Waals surface area contributed by atoms with E-state index in [1.54, 1.807) is 10.6 Å². The van der Waals surface area contributed by atoms with Crippen LogP contribution in [0.2, 0.25) is 0 Å². The lowest BCUT2D eigenvalue weighted by molar-refractivity contribution is -0.127. The molecular weight excluding hydrogens is 398 g/mol. The highest BCUT2D eigenvalue weighted by Gasteiger charge is 2.28. The minimum absolute atomic E-state index is 0.00993. The molecule has 1 saturated heterocycles. The van der Waals surface area contributed by atoms with Crippen molar-refractivity contribution in [2.45, 2.75) is 57.9 Å². The minimum Gasteiger partial charge on any atom is -0.339 e. The van der Waals surface area contributed by atoms with Crippen LogP contribution >= 0.6 is 0 Å². The molecule has 0 spiro atoms. The van der Waals surface area contributed by atoms with Crippen LogP contribution in [-0.4, -0.2) is 40.4 Å². The van der Waals surface area contributed by atoms with Gasteiger partial charge in [0.25, 0.3) is 0 Å². The number of pyridine rings is 1. The number of rotatable bonds is 4. The Morgan fingerprint density at radius 3 is 2.41 bits per heavy atom. The van der Waals surface area contributed by atoms with E-state index in [-0.39, 0.29) is 17.7 Å². The summed E-state index contributed by atoms with van der Waals surface area (Å²) >= 11 is 0. The fourth-order valence-corrected chi connectivity index (χ4v) is 4.65. The molecule has 2 heterocycles. The number of amides is 1. The Morgan fingerprint density at radius 1 is 0.969 bits per heavy atom. The Labute approximate surface area is 190 Å². The van der Waals surface area contributed by atoms with Crippen molar-refractivity contribution in [3.8, 4) is 0 Å². The van der Waals surface area contributed by atoms with Gasteiger partial charge in [0.05, 0.1) is 6.04 Å². The van der Waals surface area contributed by atoms with Crippen LogP contribution in [0.25, 0.3) is 6.08 Å². The van der Waals surface area contributed by atoms with Crippen molar-refractivity contribution in [2.75, 3.05) is 13.1 Å². The summed E-state index contributed by atoms with van der Waals surface area (Å²) in [6.07, 6.45) is 12.7. The normalized spacial score (nSPS) is 18.9. The number of hydrogen-bond acceptors (Lipinski definition) is 3. The van der Waals surface area contributed by atoms with E-state index in [0.717, 1.165) is 29.5 Å². The Balaban J connectivity index is 1.41. The van der Waals surface area contributed by atoms with Crippen molar-refractivity contribution >= 4 is 17.9 Å². The number of carbonyl (C=O) groups excluding carboxylic acids is 2. The van der Waals surface area contributed by atoms with E-state index in [0.29, 0.717) is 32.0 Å². The molecule has 0 bridgehead atoms. The lowest BCUT2D eigenvalue weighted by Crippen LogP contribution is -2.42. The van der Waals surface area contributed by atoms with E-state index in [9.17, 15) is 9.59 Å². The molecule has 1 amide bonds. The lowest BCUT2D eigenvalue weighted by atomic mass is 9.95. The molecule has 5 heteroatoms. The second-order valence-corrected chi connectivity index (χ2v) is 9.04. The van der Waals surface area contributed by atoms with E-state index >= 15 is 0 Å². The number of carbonyl (C=O) groups is 2. The average Bonchev–Trinajstić information content (AvgIpc) is 2.84. The van der Waals surface area contributed by atoms with Gasteiger partial charge in [0, 0.05) is 31.3 Å². The second-order valence-electron chi connectivity index (χ2n) is 9.04. The molecule has 0 atom stereocenters. The van der Waals surface area contributed by atoms with Crippen LogP contribution in [0, 0.1) is 12.8 Å². The second kappa shape index (κ2) is 10.6. The molecule has 1 aliphatic carbocycles. The standard InChI is InChI=1S/C27H33N3O2/c1-21-14-19-30(25(20-21)28-24-10-6-3-7-11-24)27(32)23-15-17-29(18-16-23)26(31)13-12-22-8-4-2-5-9-22/h2,4-5,8-9,12-14,19-20,23-24H,3,6-7,10-11,15-18H2,1H3/b13-12+,28-25?. The molecule has 2 aromatic rings. The molecule has 1 aromatic carbocycles. The summed E-state index contributed by atoms with van der Waals surface area (Å²) in [7, 11) is 0. The van der Waals surface area contributed by atoms with Crippen molar-refractivity contribution < 1.29 is 9.59 Å². The molecular formula is C27H33N3O2. The summed E-state index contributed by atoms with van der Waals surface area (Å²) in [6.45, 7) is 3.26. The van der Waals surface area contributed by atoms with E-state index in [1.165, 1.54) is 19.3 Å². The van der Waals surface area contributed by atoms with Crippen molar-refractivity contribution in [2.24, 2.45) is 10.9 Å². The van der Waals surface area contributed by atoms with E-state index in [2.05, 4.69) is 0 Å². The van der Waals surface area contributed by atoms with Gasteiger partial charge in [-0.25, -0.2) is 0 Å². The first kappa shape index (κ1) is 22.3. The number of likely N-dealkylation sites (tertiary alicyclic amines) is 1.